The quantitative estimate of drug-likeness (QED) is 0.761. The molecule has 0 spiro atoms. The number of thioether (sulfide) groups is 1. The van der Waals surface area contributed by atoms with Crippen LogP contribution in [0.2, 0.25) is 0 Å². The van der Waals surface area contributed by atoms with Crippen LogP contribution in [0.25, 0.3) is 0 Å². The molecule has 72 valence electrons. The van der Waals surface area contributed by atoms with Gasteiger partial charge in [0.05, 0.1) is 11.6 Å². The highest BCUT2D eigenvalue weighted by Gasteiger charge is 2.35. The maximum absolute atomic E-state index is 10.3. The van der Waals surface area contributed by atoms with Crippen LogP contribution in [0.3, 0.4) is 0 Å². The van der Waals surface area contributed by atoms with E-state index in [2.05, 4.69) is 6.07 Å². The molecule has 0 amide bonds. The van der Waals surface area contributed by atoms with Gasteiger partial charge in [0.25, 0.3) is 0 Å². The molecule has 0 saturated carbocycles. The lowest BCUT2D eigenvalue weighted by Crippen LogP contribution is -2.25. The van der Waals surface area contributed by atoms with Gasteiger partial charge in [-0.2, -0.15) is 17.0 Å². The predicted octanol–water partition coefficient (Wildman–Crippen LogP) is 1.88. The second-order valence-electron chi connectivity index (χ2n) is 3.49. The van der Waals surface area contributed by atoms with E-state index in [9.17, 15) is 5.11 Å². The van der Waals surface area contributed by atoms with Crippen molar-refractivity contribution in [1.29, 1.82) is 5.26 Å². The van der Waals surface area contributed by atoms with Crippen molar-refractivity contribution >= 4 is 11.8 Å². The van der Waals surface area contributed by atoms with Gasteiger partial charge < -0.3 is 5.11 Å². The van der Waals surface area contributed by atoms with E-state index in [0.29, 0.717) is 11.3 Å². The van der Waals surface area contributed by atoms with Crippen LogP contribution in [0.5, 0.6) is 0 Å². The van der Waals surface area contributed by atoms with Crippen molar-refractivity contribution in [2.45, 2.75) is 12.0 Å². The molecule has 1 N–H and O–H groups in total. The van der Waals surface area contributed by atoms with Crippen LogP contribution in [-0.4, -0.2) is 16.6 Å². The van der Waals surface area contributed by atoms with Crippen LogP contribution in [0, 0.1) is 11.3 Å². The molecule has 2 nitrogen and oxygen atoms in total. The Hall–Kier alpha value is -0.980. The molecular formula is C11H11NOS. The Morgan fingerprint density at radius 1 is 1.43 bits per heavy atom. The van der Waals surface area contributed by atoms with Crippen molar-refractivity contribution in [2.75, 3.05) is 11.5 Å². The first-order chi connectivity index (χ1) is 6.76. The lowest BCUT2D eigenvalue weighted by atomic mass is 9.90. The number of hydrogen-bond donors (Lipinski definition) is 1. The minimum atomic E-state index is -0.781. The SMILES string of the molecule is N#Cc1ccccc1[C@]1(O)CCSC1. The first-order valence-electron chi connectivity index (χ1n) is 4.56. The summed E-state index contributed by atoms with van der Waals surface area (Å²) < 4.78 is 0. The Morgan fingerprint density at radius 2 is 2.21 bits per heavy atom. The first kappa shape index (κ1) is 9.57. The molecule has 1 aliphatic rings. The number of aliphatic hydroxyl groups is 1. The molecule has 1 aliphatic heterocycles. The summed E-state index contributed by atoms with van der Waals surface area (Å²) in [7, 11) is 0. The number of nitrogens with zero attached hydrogens (tertiary/aromatic N) is 1. The fraction of sp³-hybridized carbons (Fsp3) is 0.364. The maximum atomic E-state index is 10.3. The van der Waals surface area contributed by atoms with Crippen molar-refractivity contribution < 1.29 is 5.11 Å². The van der Waals surface area contributed by atoms with Gasteiger partial charge in [0, 0.05) is 11.3 Å². The molecule has 1 fully saturated rings. The largest absolute Gasteiger partial charge is 0.384 e. The average molecular weight is 205 g/mol. The highest BCUT2D eigenvalue weighted by Crippen LogP contribution is 2.37. The zero-order chi connectivity index (χ0) is 10.0. The third-order valence-corrected chi connectivity index (χ3v) is 3.72. The summed E-state index contributed by atoms with van der Waals surface area (Å²) >= 11 is 1.74. The monoisotopic (exact) mass is 205 g/mol. The molecule has 2 rings (SSSR count). The Kier molecular flexibility index (Phi) is 2.49. The Bertz CT molecular complexity index is 377. The van der Waals surface area contributed by atoms with Gasteiger partial charge in [0.1, 0.15) is 5.60 Å². The molecule has 0 bridgehead atoms. The van der Waals surface area contributed by atoms with Crippen LogP contribution in [0.1, 0.15) is 17.5 Å². The van der Waals surface area contributed by atoms with Gasteiger partial charge in [-0.05, 0) is 18.2 Å². The third kappa shape index (κ3) is 1.52. The average Bonchev–Trinajstić information content (AvgIpc) is 2.66. The molecule has 0 radical (unpaired) electrons. The molecule has 0 unspecified atom stereocenters. The topological polar surface area (TPSA) is 44.0 Å². The summed E-state index contributed by atoms with van der Waals surface area (Å²) in [5, 5.41) is 19.2. The minimum Gasteiger partial charge on any atom is -0.384 e. The molecule has 1 saturated heterocycles. The van der Waals surface area contributed by atoms with E-state index >= 15 is 0 Å². The van der Waals surface area contributed by atoms with Crippen molar-refractivity contribution in [1.82, 2.24) is 0 Å². The van der Waals surface area contributed by atoms with Crippen molar-refractivity contribution in [3.05, 3.63) is 35.4 Å². The zero-order valence-electron chi connectivity index (χ0n) is 7.73. The zero-order valence-corrected chi connectivity index (χ0v) is 8.55. The lowest BCUT2D eigenvalue weighted by Gasteiger charge is -2.22. The Labute approximate surface area is 87.6 Å². The molecule has 1 aromatic carbocycles. The standard InChI is InChI=1S/C11H11NOS/c12-7-9-3-1-2-4-10(9)11(13)5-6-14-8-11/h1-4,13H,5-6,8H2/t11-/m0/s1. The first-order valence-corrected chi connectivity index (χ1v) is 5.71. The van der Waals surface area contributed by atoms with E-state index in [-0.39, 0.29) is 0 Å². The van der Waals surface area contributed by atoms with Crippen LogP contribution in [0.4, 0.5) is 0 Å². The van der Waals surface area contributed by atoms with Gasteiger partial charge in [0.15, 0.2) is 0 Å². The van der Waals surface area contributed by atoms with Crippen LogP contribution >= 0.6 is 11.8 Å². The third-order valence-electron chi connectivity index (χ3n) is 2.55. The van der Waals surface area contributed by atoms with E-state index in [0.717, 1.165) is 17.7 Å². The van der Waals surface area contributed by atoms with Crippen LogP contribution in [-0.2, 0) is 5.60 Å². The number of nitriles is 1. The molecule has 14 heavy (non-hydrogen) atoms. The van der Waals surface area contributed by atoms with Crippen LogP contribution in [0.15, 0.2) is 24.3 Å². The van der Waals surface area contributed by atoms with E-state index in [1.54, 1.807) is 17.8 Å². The van der Waals surface area contributed by atoms with Crippen molar-refractivity contribution in [3.8, 4) is 6.07 Å². The summed E-state index contributed by atoms with van der Waals surface area (Å²) in [6, 6.07) is 9.44. The van der Waals surface area contributed by atoms with Crippen LogP contribution < -0.4 is 0 Å². The highest BCUT2D eigenvalue weighted by atomic mass is 32.2. The number of benzene rings is 1. The molecule has 1 atom stereocenters. The second kappa shape index (κ2) is 3.64. The fourth-order valence-electron chi connectivity index (χ4n) is 1.75. The van der Waals surface area contributed by atoms with Crippen molar-refractivity contribution in [2.24, 2.45) is 0 Å². The summed E-state index contributed by atoms with van der Waals surface area (Å²) in [5.74, 6) is 1.67. The van der Waals surface area contributed by atoms with Gasteiger partial charge in [0.2, 0.25) is 0 Å². The molecule has 3 heteroatoms. The smallest absolute Gasteiger partial charge is 0.101 e. The predicted molar refractivity (Wildman–Crippen MR) is 57.0 cm³/mol. The molecule has 1 heterocycles. The van der Waals surface area contributed by atoms with Gasteiger partial charge in [-0.25, -0.2) is 0 Å². The lowest BCUT2D eigenvalue weighted by molar-refractivity contribution is 0.0655. The molecule has 0 aliphatic carbocycles. The molecule has 0 aromatic heterocycles. The normalized spacial score (nSPS) is 26.0. The van der Waals surface area contributed by atoms with Gasteiger partial charge in [-0.3, -0.25) is 0 Å². The van der Waals surface area contributed by atoms with Gasteiger partial charge in [-0.1, -0.05) is 18.2 Å². The minimum absolute atomic E-state index is 0.595. The summed E-state index contributed by atoms with van der Waals surface area (Å²) in [6.07, 6.45) is 0.746. The maximum Gasteiger partial charge on any atom is 0.101 e. The number of hydrogen-bond acceptors (Lipinski definition) is 3. The number of rotatable bonds is 1. The van der Waals surface area contributed by atoms with E-state index in [1.165, 1.54) is 0 Å². The summed E-state index contributed by atoms with van der Waals surface area (Å²) in [5.41, 5.74) is 0.599. The second-order valence-corrected chi connectivity index (χ2v) is 4.60. The fourth-order valence-corrected chi connectivity index (χ4v) is 3.02. The van der Waals surface area contributed by atoms with Gasteiger partial charge >= 0.3 is 0 Å². The Morgan fingerprint density at radius 3 is 2.86 bits per heavy atom. The summed E-state index contributed by atoms with van der Waals surface area (Å²) in [6.45, 7) is 0. The van der Waals surface area contributed by atoms with E-state index in [1.807, 2.05) is 18.2 Å². The highest BCUT2D eigenvalue weighted by molar-refractivity contribution is 7.99. The molecule has 1 aromatic rings. The van der Waals surface area contributed by atoms with E-state index in [4.69, 9.17) is 5.26 Å². The molecular weight excluding hydrogens is 194 g/mol. The summed E-state index contributed by atoms with van der Waals surface area (Å²) in [4.78, 5) is 0. The van der Waals surface area contributed by atoms with Gasteiger partial charge in [-0.15, -0.1) is 0 Å². The Balaban J connectivity index is 2.45. The van der Waals surface area contributed by atoms with E-state index < -0.39 is 5.60 Å². The van der Waals surface area contributed by atoms with Crippen molar-refractivity contribution in [3.63, 3.8) is 0 Å².